The SMILES string of the molecule is CNCC1CCCCCC1CCCC1CCCO1. The van der Waals surface area contributed by atoms with Gasteiger partial charge in [-0.05, 0) is 51.1 Å². The fraction of sp³-hybridized carbons (Fsp3) is 1.00. The maximum Gasteiger partial charge on any atom is 0.0576 e. The van der Waals surface area contributed by atoms with Crippen molar-refractivity contribution in [2.75, 3.05) is 20.2 Å². The minimum atomic E-state index is 0.596. The maximum absolute atomic E-state index is 5.73. The molecule has 1 aliphatic carbocycles. The smallest absolute Gasteiger partial charge is 0.0576 e. The number of hydrogen-bond acceptors (Lipinski definition) is 2. The van der Waals surface area contributed by atoms with E-state index in [1.54, 1.807) is 0 Å². The largest absolute Gasteiger partial charge is 0.378 e. The zero-order valence-corrected chi connectivity index (χ0v) is 12.1. The molecule has 3 atom stereocenters. The summed E-state index contributed by atoms with van der Waals surface area (Å²) in [4.78, 5) is 0. The summed E-state index contributed by atoms with van der Waals surface area (Å²) in [5, 5.41) is 3.40. The lowest BCUT2D eigenvalue weighted by atomic mass is 9.83. The first-order chi connectivity index (χ1) is 8.90. The van der Waals surface area contributed by atoms with Crippen LogP contribution >= 0.6 is 0 Å². The number of nitrogens with one attached hydrogen (secondary N) is 1. The summed E-state index contributed by atoms with van der Waals surface area (Å²) in [5.74, 6) is 1.91. The van der Waals surface area contributed by atoms with Crippen LogP contribution in [0.15, 0.2) is 0 Å². The van der Waals surface area contributed by atoms with Gasteiger partial charge in [0.1, 0.15) is 0 Å². The normalized spacial score (nSPS) is 33.5. The van der Waals surface area contributed by atoms with E-state index < -0.39 is 0 Å². The lowest BCUT2D eigenvalue weighted by Crippen LogP contribution is -2.25. The quantitative estimate of drug-likeness (QED) is 0.728. The molecule has 18 heavy (non-hydrogen) atoms. The molecule has 1 saturated carbocycles. The maximum atomic E-state index is 5.73. The number of hydrogen-bond donors (Lipinski definition) is 1. The second-order valence-electron chi connectivity index (χ2n) is 6.28. The van der Waals surface area contributed by atoms with Crippen molar-refractivity contribution in [1.29, 1.82) is 0 Å². The molecule has 1 N–H and O–H groups in total. The fourth-order valence-corrected chi connectivity index (χ4v) is 3.85. The molecule has 1 aliphatic heterocycles. The summed E-state index contributed by atoms with van der Waals surface area (Å²) in [6.07, 6.45) is 14.6. The van der Waals surface area contributed by atoms with Gasteiger partial charge in [0.2, 0.25) is 0 Å². The second kappa shape index (κ2) is 8.16. The molecule has 2 aliphatic rings. The highest BCUT2D eigenvalue weighted by Crippen LogP contribution is 2.32. The first-order valence-electron chi connectivity index (χ1n) is 8.16. The van der Waals surface area contributed by atoms with E-state index in [2.05, 4.69) is 12.4 Å². The molecule has 0 bridgehead atoms. The van der Waals surface area contributed by atoms with Crippen LogP contribution in [0.25, 0.3) is 0 Å². The monoisotopic (exact) mass is 253 g/mol. The Balaban J connectivity index is 1.69. The van der Waals surface area contributed by atoms with E-state index >= 15 is 0 Å². The van der Waals surface area contributed by atoms with E-state index in [9.17, 15) is 0 Å². The van der Waals surface area contributed by atoms with Crippen LogP contribution in [0, 0.1) is 11.8 Å². The molecule has 0 amide bonds. The third kappa shape index (κ3) is 4.55. The molecule has 3 unspecified atom stereocenters. The molecule has 2 fully saturated rings. The van der Waals surface area contributed by atoms with Crippen molar-refractivity contribution in [2.45, 2.75) is 70.3 Å². The molecular weight excluding hydrogens is 222 g/mol. The molecule has 1 saturated heterocycles. The zero-order chi connectivity index (χ0) is 12.6. The molecule has 2 rings (SSSR count). The predicted molar refractivity (Wildman–Crippen MR) is 76.8 cm³/mol. The van der Waals surface area contributed by atoms with Gasteiger partial charge >= 0.3 is 0 Å². The summed E-state index contributed by atoms with van der Waals surface area (Å²) in [6, 6.07) is 0. The van der Waals surface area contributed by atoms with E-state index in [4.69, 9.17) is 4.74 Å². The van der Waals surface area contributed by atoms with Gasteiger partial charge in [-0.3, -0.25) is 0 Å². The Labute approximate surface area is 113 Å². The molecule has 2 heteroatoms. The van der Waals surface area contributed by atoms with E-state index in [-0.39, 0.29) is 0 Å². The van der Waals surface area contributed by atoms with Gasteiger partial charge in [0.25, 0.3) is 0 Å². The average Bonchev–Trinajstić information content (AvgIpc) is 2.79. The van der Waals surface area contributed by atoms with Crippen molar-refractivity contribution in [3.05, 3.63) is 0 Å². The molecule has 0 aromatic carbocycles. The highest BCUT2D eigenvalue weighted by molar-refractivity contribution is 4.76. The number of ether oxygens (including phenoxy) is 1. The summed E-state index contributed by atoms with van der Waals surface area (Å²) >= 11 is 0. The fourth-order valence-electron chi connectivity index (χ4n) is 3.85. The summed E-state index contributed by atoms with van der Waals surface area (Å²) in [6.45, 7) is 2.24. The summed E-state index contributed by atoms with van der Waals surface area (Å²) in [7, 11) is 2.11. The van der Waals surface area contributed by atoms with Crippen LogP contribution in [0.2, 0.25) is 0 Å². The lowest BCUT2D eigenvalue weighted by molar-refractivity contribution is 0.0992. The predicted octanol–water partition coefficient (Wildman–Crippen LogP) is 3.75. The first-order valence-corrected chi connectivity index (χ1v) is 8.16. The molecule has 0 aromatic heterocycles. The van der Waals surface area contributed by atoms with Crippen molar-refractivity contribution in [1.82, 2.24) is 5.32 Å². The van der Waals surface area contributed by atoms with Gasteiger partial charge in [0.05, 0.1) is 6.10 Å². The second-order valence-corrected chi connectivity index (χ2v) is 6.28. The van der Waals surface area contributed by atoms with E-state index in [0.717, 1.165) is 18.4 Å². The van der Waals surface area contributed by atoms with Gasteiger partial charge in [-0.15, -0.1) is 0 Å². The minimum Gasteiger partial charge on any atom is -0.378 e. The highest BCUT2D eigenvalue weighted by Gasteiger charge is 2.23. The van der Waals surface area contributed by atoms with E-state index in [1.807, 2.05) is 0 Å². The van der Waals surface area contributed by atoms with Crippen LogP contribution in [0.5, 0.6) is 0 Å². The Morgan fingerprint density at radius 3 is 2.50 bits per heavy atom. The third-order valence-electron chi connectivity index (χ3n) is 4.91. The van der Waals surface area contributed by atoms with Gasteiger partial charge in [0.15, 0.2) is 0 Å². The van der Waals surface area contributed by atoms with Crippen molar-refractivity contribution in [3.8, 4) is 0 Å². The topological polar surface area (TPSA) is 21.3 Å². The first kappa shape index (κ1) is 14.3. The van der Waals surface area contributed by atoms with Gasteiger partial charge in [-0.25, -0.2) is 0 Å². The summed E-state index contributed by atoms with van der Waals surface area (Å²) in [5.41, 5.74) is 0. The van der Waals surface area contributed by atoms with Crippen LogP contribution in [-0.4, -0.2) is 26.3 Å². The van der Waals surface area contributed by atoms with Crippen LogP contribution < -0.4 is 5.32 Å². The van der Waals surface area contributed by atoms with Crippen molar-refractivity contribution < 1.29 is 4.74 Å². The minimum absolute atomic E-state index is 0.596. The molecule has 1 heterocycles. The number of rotatable bonds is 6. The van der Waals surface area contributed by atoms with Gasteiger partial charge in [-0.1, -0.05) is 38.5 Å². The zero-order valence-electron chi connectivity index (χ0n) is 12.1. The van der Waals surface area contributed by atoms with Crippen molar-refractivity contribution in [2.24, 2.45) is 11.8 Å². The Kier molecular flexibility index (Phi) is 6.50. The van der Waals surface area contributed by atoms with Crippen molar-refractivity contribution in [3.63, 3.8) is 0 Å². The van der Waals surface area contributed by atoms with Gasteiger partial charge < -0.3 is 10.1 Å². The van der Waals surface area contributed by atoms with E-state index in [1.165, 1.54) is 70.8 Å². The van der Waals surface area contributed by atoms with Crippen LogP contribution in [0.1, 0.15) is 64.2 Å². The van der Waals surface area contributed by atoms with Crippen molar-refractivity contribution >= 4 is 0 Å². The molecule has 0 spiro atoms. The van der Waals surface area contributed by atoms with Gasteiger partial charge in [-0.2, -0.15) is 0 Å². The Morgan fingerprint density at radius 2 is 1.78 bits per heavy atom. The molecular formula is C16H31NO. The summed E-state index contributed by atoms with van der Waals surface area (Å²) < 4.78 is 5.73. The van der Waals surface area contributed by atoms with E-state index in [0.29, 0.717) is 6.10 Å². The Bertz CT molecular complexity index is 213. The van der Waals surface area contributed by atoms with Crippen LogP contribution in [0.3, 0.4) is 0 Å². The Morgan fingerprint density at radius 1 is 0.944 bits per heavy atom. The Hall–Kier alpha value is -0.0800. The molecule has 0 radical (unpaired) electrons. The van der Waals surface area contributed by atoms with Crippen LogP contribution in [0.4, 0.5) is 0 Å². The van der Waals surface area contributed by atoms with Gasteiger partial charge in [0, 0.05) is 6.61 Å². The average molecular weight is 253 g/mol. The lowest BCUT2D eigenvalue weighted by Gasteiger charge is -2.25. The van der Waals surface area contributed by atoms with Crippen LogP contribution in [-0.2, 0) is 4.74 Å². The molecule has 106 valence electrons. The standard InChI is InChI=1S/C16H31NO/c1-17-13-15-8-4-2-3-7-14(15)9-5-10-16-11-6-12-18-16/h14-17H,2-13H2,1H3. The molecule has 0 aromatic rings. The third-order valence-corrected chi connectivity index (χ3v) is 4.91. The molecule has 2 nitrogen and oxygen atoms in total. The highest BCUT2D eigenvalue weighted by atomic mass is 16.5.